The van der Waals surface area contributed by atoms with Gasteiger partial charge in [0.05, 0.1) is 37.1 Å². The largest absolute Gasteiger partial charge is 0.494 e. The fraction of sp³-hybridized carbons (Fsp3) is 0.160. The van der Waals surface area contributed by atoms with Gasteiger partial charge in [-0.2, -0.15) is 9.78 Å². The van der Waals surface area contributed by atoms with Crippen molar-refractivity contribution in [2.75, 3.05) is 19.0 Å². The van der Waals surface area contributed by atoms with E-state index >= 15 is 0 Å². The maximum atomic E-state index is 12.7. The van der Waals surface area contributed by atoms with E-state index in [1.807, 2.05) is 55.5 Å². The molecule has 34 heavy (non-hydrogen) atoms. The number of aromatic nitrogens is 5. The monoisotopic (exact) mass is 454 g/mol. The number of ether oxygens (including phenoxy) is 2. The number of nitrogens with zero attached hydrogens (tertiary/aromatic N) is 5. The minimum absolute atomic E-state index is 0.240. The number of benzene rings is 2. The van der Waals surface area contributed by atoms with E-state index in [9.17, 15) is 4.79 Å². The zero-order valence-electron chi connectivity index (χ0n) is 18.9. The molecule has 0 fully saturated rings. The van der Waals surface area contributed by atoms with Gasteiger partial charge in [0, 0.05) is 5.39 Å². The maximum absolute atomic E-state index is 12.7. The van der Waals surface area contributed by atoms with E-state index in [4.69, 9.17) is 14.5 Å². The summed E-state index contributed by atoms with van der Waals surface area (Å²) in [7, 11) is 1.61. The fourth-order valence-electron chi connectivity index (χ4n) is 3.79. The second-order valence-corrected chi connectivity index (χ2v) is 7.56. The summed E-state index contributed by atoms with van der Waals surface area (Å²) in [4.78, 5) is 26.6. The van der Waals surface area contributed by atoms with E-state index in [1.54, 1.807) is 24.9 Å². The summed E-state index contributed by atoms with van der Waals surface area (Å²) in [6.07, 6.45) is 3.06. The molecule has 0 aliphatic rings. The number of para-hydroxylation sites is 3. The number of hydrogen-bond donors (Lipinski definition) is 1. The molecule has 3 aromatic heterocycles. The molecule has 0 amide bonds. The Hall–Kier alpha value is -4.53. The first-order chi connectivity index (χ1) is 16.6. The van der Waals surface area contributed by atoms with Gasteiger partial charge in [-0.05, 0) is 43.7 Å². The fourth-order valence-corrected chi connectivity index (χ4v) is 3.79. The molecule has 0 saturated heterocycles. The van der Waals surface area contributed by atoms with E-state index < -0.39 is 5.97 Å². The minimum Gasteiger partial charge on any atom is -0.494 e. The summed E-state index contributed by atoms with van der Waals surface area (Å²) in [6.45, 7) is 3.99. The van der Waals surface area contributed by atoms with Crippen LogP contribution in [0.4, 0.5) is 11.6 Å². The molecule has 3 heterocycles. The average molecular weight is 454 g/mol. The number of rotatable bonds is 6. The highest BCUT2D eigenvalue weighted by Crippen LogP contribution is 2.30. The Balaban J connectivity index is 1.66. The maximum Gasteiger partial charge on any atom is 0.343 e. The molecule has 0 aliphatic heterocycles. The standard InChI is InChI=1S/C25H22N6O3/c1-4-34-25(32)17-13-27-31(22-12-15(2)16-8-7-11-20(33-3)23(16)30-22)24(17)29-21-14-26-18-9-5-6-10-19(18)28-21/h5-14H,4H2,1-3H3,(H,28,29). The molecule has 5 rings (SSSR count). The molecule has 2 aromatic carbocycles. The lowest BCUT2D eigenvalue weighted by Gasteiger charge is -2.13. The molecule has 0 bridgehead atoms. The molecule has 9 heteroatoms. The molecule has 0 aliphatic carbocycles. The SMILES string of the molecule is CCOC(=O)c1cnn(-c2cc(C)c3cccc(OC)c3n2)c1Nc1cnc2ccccc2n1. The highest BCUT2D eigenvalue weighted by atomic mass is 16.5. The first kappa shape index (κ1) is 21.3. The lowest BCUT2D eigenvalue weighted by atomic mass is 10.1. The van der Waals surface area contributed by atoms with Crippen LogP contribution in [0.2, 0.25) is 0 Å². The normalized spacial score (nSPS) is 11.0. The van der Waals surface area contributed by atoms with Gasteiger partial charge in [0.25, 0.3) is 0 Å². The molecule has 5 aromatic rings. The number of esters is 1. The van der Waals surface area contributed by atoms with Gasteiger partial charge in [-0.1, -0.05) is 24.3 Å². The quantitative estimate of drug-likeness (QED) is 0.371. The van der Waals surface area contributed by atoms with Crippen LogP contribution in [0.5, 0.6) is 5.75 Å². The Morgan fingerprint density at radius 3 is 2.68 bits per heavy atom. The summed E-state index contributed by atoms with van der Waals surface area (Å²) in [5, 5.41) is 8.62. The predicted molar refractivity (Wildman–Crippen MR) is 129 cm³/mol. The van der Waals surface area contributed by atoms with Crippen molar-refractivity contribution < 1.29 is 14.3 Å². The summed E-state index contributed by atoms with van der Waals surface area (Å²) in [5.41, 5.74) is 3.44. The van der Waals surface area contributed by atoms with Crippen molar-refractivity contribution in [1.29, 1.82) is 0 Å². The summed E-state index contributed by atoms with van der Waals surface area (Å²) in [5.74, 6) is 1.50. The molecule has 0 saturated carbocycles. The summed E-state index contributed by atoms with van der Waals surface area (Å²) >= 11 is 0. The Morgan fingerprint density at radius 2 is 1.88 bits per heavy atom. The van der Waals surface area contributed by atoms with Gasteiger partial charge >= 0.3 is 5.97 Å². The van der Waals surface area contributed by atoms with E-state index in [0.29, 0.717) is 28.7 Å². The van der Waals surface area contributed by atoms with E-state index in [0.717, 1.165) is 22.0 Å². The third-order valence-corrected chi connectivity index (χ3v) is 5.39. The lowest BCUT2D eigenvalue weighted by molar-refractivity contribution is 0.0527. The van der Waals surface area contributed by atoms with Crippen LogP contribution in [-0.2, 0) is 4.74 Å². The predicted octanol–water partition coefficient (Wildman–Crippen LogP) is 4.60. The molecule has 0 spiro atoms. The van der Waals surface area contributed by atoms with Crippen LogP contribution in [0.25, 0.3) is 27.8 Å². The van der Waals surface area contributed by atoms with Crippen LogP contribution in [-0.4, -0.2) is 44.4 Å². The van der Waals surface area contributed by atoms with Gasteiger partial charge in [0.1, 0.15) is 16.8 Å². The smallest absolute Gasteiger partial charge is 0.343 e. The first-order valence-corrected chi connectivity index (χ1v) is 10.8. The van der Waals surface area contributed by atoms with Crippen molar-refractivity contribution in [3.8, 4) is 11.6 Å². The van der Waals surface area contributed by atoms with Crippen molar-refractivity contribution in [3.63, 3.8) is 0 Å². The van der Waals surface area contributed by atoms with Gasteiger partial charge in [-0.15, -0.1) is 0 Å². The number of hydrogen-bond acceptors (Lipinski definition) is 8. The lowest BCUT2D eigenvalue weighted by Crippen LogP contribution is -2.11. The number of aryl methyl sites for hydroxylation is 1. The number of fused-ring (bicyclic) bond motifs is 2. The molecule has 0 radical (unpaired) electrons. The highest BCUT2D eigenvalue weighted by Gasteiger charge is 2.22. The second-order valence-electron chi connectivity index (χ2n) is 7.56. The number of nitrogens with one attached hydrogen (secondary N) is 1. The van der Waals surface area contributed by atoms with Crippen LogP contribution < -0.4 is 10.1 Å². The third-order valence-electron chi connectivity index (χ3n) is 5.39. The highest BCUT2D eigenvalue weighted by molar-refractivity contribution is 5.96. The van der Waals surface area contributed by atoms with E-state index in [1.165, 1.54) is 6.20 Å². The second kappa shape index (κ2) is 8.78. The topological polar surface area (TPSA) is 104 Å². The Morgan fingerprint density at radius 1 is 1.06 bits per heavy atom. The van der Waals surface area contributed by atoms with Crippen molar-refractivity contribution >= 4 is 39.5 Å². The van der Waals surface area contributed by atoms with Crippen LogP contribution in [0.1, 0.15) is 22.8 Å². The number of carbonyl (C=O) groups is 1. The van der Waals surface area contributed by atoms with E-state index in [2.05, 4.69) is 20.4 Å². The van der Waals surface area contributed by atoms with E-state index in [-0.39, 0.29) is 12.2 Å². The van der Waals surface area contributed by atoms with Crippen LogP contribution >= 0.6 is 0 Å². The van der Waals surface area contributed by atoms with Crippen molar-refractivity contribution in [2.24, 2.45) is 0 Å². The molecular weight excluding hydrogens is 432 g/mol. The molecule has 170 valence electrons. The average Bonchev–Trinajstić information content (AvgIpc) is 3.27. The van der Waals surface area contributed by atoms with Crippen molar-refractivity contribution in [2.45, 2.75) is 13.8 Å². The van der Waals surface area contributed by atoms with Crippen molar-refractivity contribution in [1.82, 2.24) is 24.7 Å². The number of pyridine rings is 1. The summed E-state index contributed by atoms with van der Waals surface area (Å²) < 4.78 is 12.3. The number of methoxy groups -OCH3 is 1. The molecule has 0 atom stereocenters. The Kier molecular flexibility index (Phi) is 5.51. The minimum atomic E-state index is -0.500. The summed E-state index contributed by atoms with van der Waals surface area (Å²) in [6, 6.07) is 15.2. The van der Waals surface area contributed by atoms with Gasteiger partial charge in [-0.3, -0.25) is 4.98 Å². The van der Waals surface area contributed by atoms with Gasteiger partial charge in [0.2, 0.25) is 0 Å². The zero-order valence-corrected chi connectivity index (χ0v) is 18.9. The van der Waals surface area contributed by atoms with Gasteiger partial charge in [0.15, 0.2) is 17.5 Å². The Labute approximate surface area is 195 Å². The molecule has 9 nitrogen and oxygen atoms in total. The number of anilines is 2. The van der Waals surface area contributed by atoms with Crippen LogP contribution in [0, 0.1) is 6.92 Å². The molecule has 1 N–H and O–H groups in total. The Bertz CT molecular complexity index is 1530. The van der Waals surface area contributed by atoms with Gasteiger partial charge in [-0.25, -0.2) is 14.8 Å². The molecule has 0 unspecified atom stereocenters. The third kappa shape index (κ3) is 3.77. The van der Waals surface area contributed by atoms with Crippen LogP contribution in [0.3, 0.4) is 0 Å². The first-order valence-electron chi connectivity index (χ1n) is 10.8. The zero-order chi connectivity index (χ0) is 23.7. The molecular formula is C25H22N6O3. The number of carbonyl (C=O) groups excluding carboxylic acids is 1. The van der Waals surface area contributed by atoms with Crippen molar-refractivity contribution in [3.05, 3.63) is 72.1 Å². The van der Waals surface area contributed by atoms with Gasteiger partial charge < -0.3 is 14.8 Å². The van der Waals surface area contributed by atoms with Crippen LogP contribution in [0.15, 0.2) is 60.9 Å².